The second-order valence-electron chi connectivity index (χ2n) is 11.5. The van der Waals surface area contributed by atoms with E-state index < -0.39 is 0 Å². The van der Waals surface area contributed by atoms with Crippen LogP contribution in [0.3, 0.4) is 0 Å². The maximum absolute atomic E-state index is 14.3. The SMILES string of the molecule is COCCCOc1cc(CN(C(=O)[C@H]2CNCC[C@@H]2c2cccc(OCc3cc(OC)cc(OC)c3)n2)C2CC2)cc(OC)c1. The molecule has 0 unspecified atom stereocenters. The Morgan fingerprint density at radius 1 is 0.844 bits per heavy atom. The minimum absolute atomic E-state index is 0.0227. The molecule has 3 aromatic rings. The van der Waals surface area contributed by atoms with Crippen LogP contribution in [0.1, 0.15) is 48.4 Å². The smallest absolute Gasteiger partial charge is 0.228 e. The number of aromatic nitrogens is 1. The average molecular weight is 620 g/mol. The highest BCUT2D eigenvalue weighted by atomic mass is 16.5. The van der Waals surface area contributed by atoms with Crippen molar-refractivity contribution in [2.45, 2.75) is 50.8 Å². The maximum Gasteiger partial charge on any atom is 0.228 e. The molecule has 10 heteroatoms. The zero-order chi connectivity index (χ0) is 31.6. The van der Waals surface area contributed by atoms with Gasteiger partial charge in [0.1, 0.15) is 29.6 Å². The number of pyridine rings is 1. The lowest BCUT2D eigenvalue weighted by molar-refractivity contribution is -0.138. The maximum atomic E-state index is 14.3. The molecule has 10 nitrogen and oxygen atoms in total. The minimum atomic E-state index is -0.236. The van der Waals surface area contributed by atoms with Crippen LogP contribution in [0.15, 0.2) is 54.6 Å². The summed E-state index contributed by atoms with van der Waals surface area (Å²) < 4.78 is 33.6. The Morgan fingerprint density at radius 3 is 2.22 bits per heavy atom. The molecule has 2 atom stereocenters. The van der Waals surface area contributed by atoms with Crippen LogP contribution in [0.4, 0.5) is 0 Å². The molecule has 1 amide bonds. The number of piperidine rings is 1. The molecule has 2 heterocycles. The van der Waals surface area contributed by atoms with Gasteiger partial charge >= 0.3 is 0 Å². The summed E-state index contributed by atoms with van der Waals surface area (Å²) in [5.41, 5.74) is 2.77. The van der Waals surface area contributed by atoms with E-state index in [4.69, 9.17) is 33.4 Å². The fourth-order valence-electron chi connectivity index (χ4n) is 5.80. The Bertz CT molecular complexity index is 1390. The number of ether oxygens (including phenoxy) is 6. The molecule has 0 bridgehead atoms. The fraction of sp³-hybridized carbons (Fsp3) is 0.486. The Hall–Kier alpha value is -4.02. The van der Waals surface area contributed by atoms with E-state index in [0.717, 1.165) is 54.8 Å². The lowest BCUT2D eigenvalue weighted by atomic mass is 9.82. The van der Waals surface area contributed by atoms with Crippen molar-refractivity contribution in [3.63, 3.8) is 0 Å². The van der Waals surface area contributed by atoms with Gasteiger partial charge in [-0.2, -0.15) is 0 Å². The lowest BCUT2D eigenvalue weighted by Crippen LogP contribution is -2.47. The zero-order valence-electron chi connectivity index (χ0n) is 26.8. The Labute approximate surface area is 265 Å². The van der Waals surface area contributed by atoms with Gasteiger partial charge in [-0.05, 0) is 67.3 Å². The lowest BCUT2D eigenvalue weighted by Gasteiger charge is -2.35. The second-order valence-corrected chi connectivity index (χ2v) is 11.5. The van der Waals surface area contributed by atoms with Crippen LogP contribution >= 0.6 is 0 Å². The van der Waals surface area contributed by atoms with E-state index in [-0.39, 0.29) is 23.8 Å². The quantitative estimate of drug-likeness (QED) is 0.222. The molecule has 0 radical (unpaired) electrons. The van der Waals surface area contributed by atoms with Crippen molar-refractivity contribution >= 4 is 5.91 Å². The summed E-state index contributed by atoms with van der Waals surface area (Å²) >= 11 is 0. The third-order valence-electron chi connectivity index (χ3n) is 8.28. The number of nitrogens with zero attached hydrogens (tertiary/aromatic N) is 2. The number of methoxy groups -OCH3 is 4. The summed E-state index contributed by atoms with van der Waals surface area (Å²) in [6.45, 7) is 3.43. The highest BCUT2D eigenvalue weighted by Crippen LogP contribution is 2.37. The van der Waals surface area contributed by atoms with Crippen LogP contribution in [0, 0.1) is 5.92 Å². The molecule has 2 aliphatic rings. The minimum Gasteiger partial charge on any atom is -0.497 e. The number of hydrogen-bond acceptors (Lipinski definition) is 9. The van der Waals surface area contributed by atoms with Gasteiger partial charge in [-0.15, -0.1) is 0 Å². The van der Waals surface area contributed by atoms with Gasteiger partial charge in [0.05, 0.1) is 33.9 Å². The van der Waals surface area contributed by atoms with Gasteiger partial charge in [-0.3, -0.25) is 4.79 Å². The summed E-state index contributed by atoms with van der Waals surface area (Å²) in [6.07, 6.45) is 3.63. The Morgan fingerprint density at radius 2 is 1.53 bits per heavy atom. The molecular formula is C35H45N3O7. The van der Waals surface area contributed by atoms with Crippen LogP contribution in [0.5, 0.6) is 28.9 Å². The third kappa shape index (κ3) is 8.79. The molecule has 45 heavy (non-hydrogen) atoms. The number of hydrogen-bond donors (Lipinski definition) is 1. The number of benzene rings is 2. The van der Waals surface area contributed by atoms with E-state index in [2.05, 4.69) is 5.32 Å². The van der Waals surface area contributed by atoms with Gasteiger partial charge in [0.25, 0.3) is 0 Å². The number of carbonyl (C=O) groups is 1. The van der Waals surface area contributed by atoms with Crippen molar-refractivity contribution in [3.05, 3.63) is 71.4 Å². The van der Waals surface area contributed by atoms with Gasteiger partial charge < -0.3 is 38.6 Å². The summed E-state index contributed by atoms with van der Waals surface area (Å²) in [4.78, 5) is 21.2. The molecule has 1 N–H and O–H groups in total. The van der Waals surface area contributed by atoms with Gasteiger partial charge in [0.2, 0.25) is 11.8 Å². The molecule has 1 aromatic heterocycles. The van der Waals surface area contributed by atoms with Gasteiger partial charge in [-0.25, -0.2) is 4.98 Å². The van der Waals surface area contributed by atoms with E-state index in [1.807, 2.05) is 59.5 Å². The van der Waals surface area contributed by atoms with Crippen LogP contribution in [0.25, 0.3) is 0 Å². The number of amides is 1. The summed E-state index contributed by atoms with van der Waals surface area (Å²) in [7, 11) is 6.58. The van der Waals surface area contributed by atoms with Gasteiger partial charge in [0.15, 0.2) is 0 Å². The average Bonchev–Trinajstić information content (AvgIpc) is 3.93. The van der Waals surface area contributed by atoms with Crippen LogP contribution in [0.2, 0.25) is 0 Å². The summed E-state index contributed by atoms with van der Waals surface area (Å²) in [5, 5.41) is 3.46. The van der Waals surface area contributed by atoms with Crippen molar-refractivity contribution < 1.29 is 33.2 Å². The van der Waals surface area contributed by atoms with E-state index in [1.165, 1.54) is 0 Å². The Kier molecular flexibility index (Phi) is 11.4. The molecule has 242 valence electrons. The van der Waals surface area contributed by atoms with Crippen LogP contribution < -0.4 is 29.0 Å². The first-order valence-corrected chi connectivity index (χ1v) is 15.6. The molecule has 1 aliphatic carbocycles. The van der Waals surface area contributed by atoms with Crippen LogP contribution in [-0.4, -0.2) is 76.6 Å². The summed E-state index contributed by atoms with van der Waals surface area (Å²) in [5.74, 6) is 3.25. The highest BCUT2D eigenvalue weighted by Gasteiger charge is 2.40. The van der Waals surface area contributed by atoms with Crippen molar-refractivity contribution in [1.82, 2.24) is 15.2 Å². The standard InChI is InChI=1S/C35H45N3O7/c1-40-13-6-14-44-30-16-24(15-27(20-30)41-2)22-38(26-9-10-26)35(39)32-21-36-12-11-31(32)33-7-5-8-34(37-33)45-23-25-17-28(42-3)19-29(18-25)43-4/h5,7-8,15-20,26,31-32,36H,6,9-14,21-23H2,1-4H3/t31-,32-/m0/s1. The molecule has 1 aliphatic heterocycles. The first-order chi connectivity index (χ1) is 22.0. The first-order valence-electron chi connectivity index (χ1n) is 15.6. The largest absolute Gasteiger partial charge is 0.497 e. The van der Waals surface area contributed by atoms with Gasteiger partial charge in [-0.1, -0.05) is 6.07 Å². The van der Waals surface area contributed by atoms with E-state index in [9.17, 15) is 4.79 Å². The number of nitrogens with one attached hydrogen (secondary N) is 1. The van der Waals surface area contributed by atoms with Gasteiger partial charge in [0, 0.05) is 69.1 Å². The molecule has 5 rings (SSSR count). The molecular weight excluding hydrogens is 574 g/mol. The first kappa shape index (κ1) is 32.4. The number of carbonyl (C=O) groups excluding carboxylic acids is 1. The van der Waals surface area contributed by atoms with Crippen molar-refractivity contribution in [1.29, 1.82) is 0 Å². The molecule has 2 aromatic carbocycles. The van der Waals surface area contributed by atoms with E-state index in [1.54, 1.807) is 28.4 Å². The predicted molar refractivity (Wildman–Crippen MR) is 170 cm³/mol. The molecule has 2 fully saturated rings. The predicted octanol–water partition coefficient (Wildman–Crippen LogP) is 4.99. The highest BCUT2D eigenvalue weighted by molar-refractivity contribution is 5.81. The van der Waals surface area contributed by atoms with Crippen LogP contribution in [-0.2, 0) is 22.7 Å². The molecule has 1 saturated carbocycles. The van der Waals surface area contributed by atoms with Crippen molar-refractivity contribution in [2.75, 3.05) is 54.7 Å². The summed E-state index contributed by atoms with van der Waals surface area (Å²) in [6, 6.07) is 17.6. The normalized spacial score (nSPS) is 17.8. The fourth-order valence-corrected chi connectivity index (χ4v) is 5.80. The monoisotopic (exact) mass is 619 g/mol. The topological polar surface area (TPSA) is 101 Å². The molecule has 1 saturated heterocycles. The van der Waals surface area contributed by atoms with Crippen molar-refractivity contribution in [2.24, 2.45) is 5.92 Å². The number of rotatable bonds is 16. The van der Waals surface area contributed by atoms with Crippen molar-refractivity contribution in [3.8, 4) is 28.9 Å². The zero-order valence-corrected chi connectivity index (χ0v) is 26.8. The second kappa shape index (κ2) is 15.8. The van der Waals surface area contributed by atoms with E-state index in [0.29, 0.717) is 56.0 Å². The van der Waals surface area contributed by atoms with E-state index >= 15 is 0 Å². The third-order valence-corrected chi connectivity index (χ3v) is 8.28. The Balaban J connectivity index is 1.30. The molecule has 0 spiro atoms.